The number of sulfonamides is 1. The van der Waals surface area contributed by atoms with Crippen LogP contribution in [0.5, 0.6) is 0 Å². The third-order valence-corrected chi connectivity index (χ3v) is 7.52. The van der Waals surface area contributed by atoms with Gasteiger partial charge in [-0.2, -0.15) is 9.40 Å². The summed E-state index contributed by atoms with van der Waals surface area (Å²) < 4.78 is 29.7. The zero-order valence-corrected chi connectivity index (χ0v) is 16.5. The Kier molecular flexibility index (Phi) is 5.23. The normalized spacial score (nSPS) is 21.8. The van der Waals surface area contributed by atoms with Gasteiger partial charge in [0.15, 0.2) is 0 Å². The van der Waals surface area contributed by atoms with Crippen LogP contribution in [0.1, 0.15) is 29.8 Å². The summed E-state index contributed by atoms with van der Waals surface area (Å²) in [4.78, 5) is 0.299. The molecule has 7 heteroatoms. The van der Waals surface area contributed by atoms with Crippen LogP contribution in [0.25, 0.3) is 0 Å². The summed E-state index contributed by atoms with van der Waals surface area (Å²) in [6.45, 7) is 4.28. The Labute approximate surface area is 155 Å². The van der Waals surface area contributed by atoms with E-state index in [4.69, 9.17) is 0 Å². The van der Waals surface area contributed by atoms with Crippen LogP contribution < -0.4 is 0 Å². The number of hydrogen-bond donors (Lipinski definition) is 1. The second-order valence-electron chi connectivity index (χ2n) is 7.39. The van der Waals surface area contributed by atoms with Crippen LogP contribution in [-0.2, 0) is 23.5 Å². The van der Waals surface area contributed by atoms with E-state index in [0.717, 1.165) is 18.4 Å². The summed E-state index contributed by atoms with van der Waals surface area (Å²) in [6.07, 6.45) is 2.22. The zero-order chi connectivity index (χ0) is 18.9. The van der Waals surface area contributed by atoms with E-state index in [1.165, 1.54) is 4.31 Å². The number of rotatable bonds is 5. The van der Waals surface area contributed by atoms with E-state index in [0.29, 0.717) is 35.8 Å². The largest absolute Gasteiger partial charge is 0.396 e. The maximum absolute atomic E-state index is 13.3. The molecule has 0 radical (unpaired) electrons. The van der Waals surface area contributed by atoms with Crippen LogP contribution in [0.2, 0.25) is 0 Å². The number of benzene rings is 1. The topological polar surface area (TPSA) is 75.4 Å². The average Bonchev–Trinajstić information content (AvgIpc) is 2.88. The number of aryl methyl sites for hydroxylation is 2. The first-order chi connectivity index (χ1) is 12.3. The molecule has 1 fully saturated rings. The number of aliphatic hydroxyl groups excluding tert-OH is 1. The predicted molar refractivity (Wildman–Crippen MR) is 100 cm³/mol. The standard InChI is InChI=1S/C19H27N3O3S/c1-15-18(16(2)21(3)20-15)26(24,25)22-11-7-10-19(13-22,14-23)12-17-8-5-4-6-9-17/h4-6,8-9,23H,7,10-14H2,1-3H3/t19-/m0/s1. The minimum Gasteiger partial charge on any atom is -0.396 e. The summed E-state index contributed by atoms with van der Waals surface area (Å²) in [5.41, 5.74) is 1.84. The Morgan fingerprint density at radius 2 is 1.92 bits per heavy atom. The van der Waals surface area contributed by atoms with Crippen molar-refractivity contribution in [2.45, 2.75) is 38.0 Å². The molecule has 1 atom stereocenters. The fraction of sp³-hybridized carbons (Fsp3) is 0.526. The van der Waals surface area contributed by atoms with Gasteiger partial charge in [-0.3, -0.25) is 4.68 Å². The van der Waals surface area contributed by atoms with E-state index in [1.54, 1.807) is 25.6 Å². The molecule has 1 aromatic heterocycles. The van der Waals surface area contributed by atoms with Gasteiger partial charge in [0, 0.05) is 25.6 Å². The lowest BCUT2D eigenvalue weighted by atomic mass is 9.76. The second kappa shape index (κ2) is 7.13. The summed E-state index contributed by atoms with van der Waals surface area (Å²) >= 11 is 0. The lowest BCUT2D eigenvalue weighted by molar-refractivity contribution is 0.0645. The van der Waals surface area contributed by atoms with Crippen LogP contribution >= 0.6 is 0 Å². The minimum absolute atomic E-state index is 0.0289. The van der Waals surface area contributed by atoms with Crippen molar-refractivity contribution >= 4 is 10.0 Å². The number of aliphatic hydroxyl groups is 1. The fourth-order valence-electron chi connectivity index (χ4n) is 3.98. The molecule has 0 saturated carbocycles. The molecule has 1 aliphatic rings. The van der Waals surface area contributed by atoms with Crippen LogP contribution in [0.15, 0.2) is 35.2 Å². The van der Waals surface area contributed by atoms with Gasteiger partial charge < -0.3 is 5.11 Å². The SMILES string of the molecule is Cc1nn(C)c(C)c1S(=O)(=O)N1CCC[C@](CO)(Cc2ccccc2)C1. The highest BCUT2D eigenvalue weighted by Gasteiger charge is 2.41. The monoisotopic (exact) mass is 377 g/mol. The molecule has 3 rings (SSSR count). The summed E-state index contributed by atoms with van der Waals surface area (Å²) in [7, 11) is -1.88. The van der Waals surface area contributed by atoms with E-state index in [9.17, 15) is 13.5 Å². The molecule has 0 bridgehead atoms. The molecule has 0 aliphatic carbocycles. The van der Waals surface area contributed by atoms with Gasteiger partial charge >= 0.3 is 0 Å². The van der Waals surface area contributed by atoms with Crippen LogP contribution in [0.3, 0.4) is 0 Å². The number of piperidine rings is 1. The first-order valence-corrected chi connectivity index (χ1v) is 10.4. The molecule has 6 nitrogen and oxygen atoms in total. The van der Waals surface area contributed by atoms with Gasteiger partial charge in [0.25, 0.3) is 0 Å². The Balaban J connectivity index is 1.91. The van der Waals surface area contributed by atoms with Gasteiger partial charge in [0.2, 0.25) is 10.0 Å². The van der Waals surface area contributed by atoms with Crippen LogP contribution in [-0.4, -0.2) is 47.3 Å². The molecule has 0 unspecified atom stereocenters. The summed E-state index contributed by atoms with van der Waals surface area (Å²) in [6, 6.07) is 9.96. The molecule has 0 spiro atoms. The van der Waals surface area contributed by atoms with E-state index in [1.807, 2.05) is 30.3 Å². The van der Waals surface area contributed by atoms with Crippen molar-refractivity contribution in [3.05, 3.63) is 47.3 Å². The molecular weight excluding hydrogens is 350 g/mol. The number of hydrogen-bond acceptors (Lipinski definition) is 4. The van der Waals surface area contributed by atoms with Crippen LogP contribution in [0, 0.1) is 19.3 Å². The highest BCUT2D eigenvalue weighted by atomic mass is 32.2. The van der Waals surface area contributed by atoms with Gasteiger partial charge in [-0.05, 0) is 38.7 Å². The van der Waals surface area contributed by atoms with Crippen molar-refractivity contribution in [1.82, 2.24) is 14.1 Å². The van der Waals surface area contributed by atoms with E-state index < -0.39 is 15.4 Å². The van der Waals surface area contributed by atoms with Crippen molar-refractivity contribution in [3.8, 4) is 0 Å². The van der Waals surface area contributed by atoms with Gasteiger partial charge in [-0.15, -0.1) is 0 Å². The first-order valence-electron chi connectivity index (χ1n) is 8.94. The maximum atomic E-state index is 13.3. The zero-order valence-electron chi connectivity index (χ0n) is 15.6. The second-order valence-corrected chi connectivity index (χ2v) is 9.26. The highest BCUT2D eigenvalue weighted by molar-refractivity contribution is 7.89. The van der Waals surface area contributed by atoms with Gasteiger partial charge in [-0.25, -0.2) is 8.42 Å². The quantitative estimate of drug-likeness (QED) is 0.865. The minimum atomic E-state index is -3.64. The maximum Gasteiger partial charge on any atom is 0.246 e. The number of nitrogens with zero attached hydrogens (tertiary/aromatic N) is 3. The predicted octanol–water partition coefficient (Wildman–Crippen LogP) is 2.04. The molecule has 1 N–H and O–H groups in total. The smallest absolute Gasteiger partial charge is 0.246 e. The van der Waals surface area contributed by atoms with Gasteiger partial charge in [0.05, 0.1) is 18.0 Å². The first kappa shape index (κ1) is 19.1. The third-order valence-electron chi connectivity index (χ3n) is 5.42. The molecule has 1 aliphatic heterocycles. The molecule has 1 aromatic carbocycles. The van der Waals surface area contributed by atoms with E-state index in [-0.39, 0.29) is 6.61 Å². The van der Waals surface area contributed by atoms with Gasteiger partial charge in [-0.1, -0.05) is 30.3 Å². The molecule has 2 heterocycles. The van der Waals surface area contributed by atoms with E-state index in [2.05, 4.69) is 5.10 Å². The van der Waals surface area contributed by atoms with Crippen LogP contribution in [0.4, 0.5) is 0 Å². The van der Waals surface area contributed by atoms with Crippen molar-refractivity contribution in [3.63, 3.8) is 0 Å². The molecule has 1 saturated heterocycles. The molecular formula is C19H27N3O3S. The van der Waals surface area contributed by atoms with Crippen molar-refractivity contribution in [1.29, 1.82) is 0 Å². The molecule has 142 valence electrons. The molecule has 0 amide bonds. The summed E-state index contributed by atoms with van der Waals surface area (Å²) in [5.74, 6) is 0. The van der Waals surface area contributed by atoms with E-state index >= 15 is 0 Å². The highest BCUT2D eigenvalue weighted by Crippen LogP contribution is 2.36. The van der Waals surface area contributed by atoms with Gasteiger partial charge in [0.1, 0.15) is 4.90 Å². The summed E-state index contributed by atoms with van der Waals surface area (Å²) in [5, 5.41) is 14.4. The Bertz CT molecular complexity index is 877. The number of aromatic nitrogens is 2. The lowest BCUT2D eigenvalue weighted by Crippen LogP contribution is -2.49. The lowest BCUT2D eigenvalue weighted by Gasteiger charge is -2.41. The van der Waals surface area contributed by atoms with Crippen molar-refractivity contribution < 1.29 is 13.5 Å². The molecule has 2 aromatic rings. The Morgan fingerprint density at radius 1 is 1.23 bits per heavy atom. The molecule has 26 heavy (non-hydrogen) atoms. The average molecular weight is 378 g/mol. The third kappa shape index (κ3) is 3.43. The van der Waals surface area contributed by atoms with Crippen molar-refractivity contribution in [2.24, 2.45) is 12.5 Å². The Morgan fingerprint density at radius 3 is 2.50 bits per heavy atom. The Hall–Kier alpha value is -1.70. The fourth-order valence-corrected chi connectivity index (χ4v) is 5.97. The van der Waals surface area contributed by atoms with Crippen molar-refractivity contribution in [2.75, 3.05) is 19.7 Å².